The number of amides is 1. The lowest BCUT2D eigenvalue weighted by Crippen LogP contribution is -2.28. The van der Waals surface area contributed by atoms with Crippen LogP contribution in [0.25, 0.3) is 0 Å². The fourth-order valence-electron chi connectivity index (χ4n) is 2.04. The average molecular weight is 255 g/mol. The molecule has 1 aromatic heterocycles. The van der Waals surface area contributed by atoms with Gasteiger partial charge in [-0.25, -0.2) is 0 Å². The van der Waals surface area contributed by atoms with Crippen molar-refractivity contribution in [3.05, 3.63) is 23.5 Å². The molecule has 0 radical (unpaired) electrons. The van der Waals surface area contributed by atoms with E-state index in [0.717, 1.165) is 6.42 Å². The van der Waals surface area contributed by atoms with Gasteiger partial charge in [0.25, 0.3) is 5.91 Å². The molecule has 0 saturated carbocycles. The maximum absolute atomic E-state index is 12.1. The molecule has 1 amide bonds. The van der Waals surface area contributed by atoms with Crippen LogP contribution in [-0.2, 0) is 6.54 Å². The molecule has 1 aromatic rings. The summed E-state index contributed by atoms with van der Waals surface area (Å²) in [6, 6.07) is 1.74. The molecule has 92 valence electrons. The molecule has 0 saturated heterocycles. The van der Waals surface area contributed by atoms with E-state index in [1.807, 2.05) is 4.57 Å². The van der Waals surface area contributed by atoms with Crippen LogP contribution in [0, 0.1) is 0 Å². The predicted molar refractivity (Wildman–Crippen MR) is 65.7 cm³/mol. The van der Waals surface area contributed by atoms with E-state index in [1.165, 1.54) is 0 Å². The molecule has 4 nitrogen and oxygen atoms in total. The number of halogens is 1. The summed E-state index contributed by atoms with van der Waals surface area (Å²) in [6.45, 7) is 1.16. The summed E-state index contributed by atoms with van der Waals surface area (Å²) in [6.07, 6.45) is 2.98. The summed E-state index contributed by atoms with van der Waals surface area (Å²) in [5.41, 5.74) is 1.06. The number of rotatable bonds is 3. The van der Waals surface area contributed by atoms with Gasteiger partial charge in [0.1, 0.15) is 5.69 Å². The minimum atomic E-state index is -0.0783. The fraction of sp³-hybridized carbons (Fsp3) is 0.500. The Morgan fingerprint density at radius 2 is 2.18 bits per heavy atom. The smallest absolute Gasteiger partial charge is 0.270 e. The third-order valence-corrected chi connectivity index (χ3v) is 3.29. The van der Waals surface area contributed by atoms with E-state index >= 15 is 0 Å². The third-order valence-electron chi connectivity index (χ3n) is 3.02. The third kappa shape index (κ3) is 2.22. The van der Waals surface area contributed by atoms with Crippen LogP contribution in [0.5, 0.6) is 0 Å². The van der Waals surface area contributed by atoms with Gasteiger partial charge >= 0.3 is 0 Å². The first-order valence-corrected chi connectivity index (χ1v) is 6.22. The monoisotopic (exact) mass is 254 g/mol. The standard InChI is InChI=1S/C12H15ClN2O2/c1-14-7-4-10(16)9-3-8-15(6-2-5-13)11(9)12(14)17/h3,8H,2,4-7H2,1H3. The minimum Gasteiger partial charge on any atom is -0.343 e. The molecular formula is C12H15ClN2O2. The Bertz CT molecular complexity index is 453. The Hall–Kier alpha value is -1.29. The Morgan fingerprint density at radius 1 is 1.41 bits per heavy atom. The van der Waals surface area contributed by atoms with Crippen LogP contribution < -0.4 is 0 Å². The number of hydrogen-bond acceptors (Lipinski definition) is 2. The second-order valence-corrected chi connectivity index (χ2v) is 4.59. The average Bonchev–Trinajstić information content (AvgIpc) is 2.71. The van der Waals surface area contributed by atoms with Crippen molar-refractivity contribution >= 4 is 23.3 Å². The number of carbonyl (C=O) groups excluding carboxylic acids is 2. The van der Waals surface area contributed by atoms with Gasteiger partial charge in [-0.3, -0.25) is 9.59 Å². The molecule has 0 N–H and O–H groups in total. The number of alkyl halides is 1. The van der Waals surface area contributed by atoms with Gasteiger partial charge in [-0.1, -0.05) is 0 Å². The lowest BCUT2D eigenvalue weighted by molar-refractivity contribution is 0.0787. The number of nitrogens with zero attached hydrogens (tertiary/aromatic N) is 2. The van der Waals surface area contributed by atoms with Crippen molar-refractivity contribution in [1.82, 2.24) is 9.47 Å². The summed E-state index contributed by atoms with van der Waals surface area (Å²) < 4.78 is 1.83. The second kappa shape index (κ2) is 4.92. The topological polar surface area (TPSA) is 42.3 Å². The first kappa shape index (κ1) is 12.2. The van der Waals surface area contributed by atoms with Crippen LogP contribution in [0.2, 0.25) is 0 Å². The lowest BCUT2D eigenvalue weighted by atomic mass is 10.1. The zero-order valence-electron chi connectivity index (χ0n) is 9.78. The summed E-state index contributed by atoms with van der Waals surface area (Å²) in [7, 11) is 1.73. The number of ketones is 1. The van der Waals surface area contributed by atoms with E-state index in [4.69, 9.17) is 11.6 Å². The van der Waals surface area contributed by atoms with Crippen LogP contribution >= 0.6 is 11.6 Å². The van der Waals surface area contributed by atoms with Gasteiger partial charge in [0, 0.05) is 44.2 Å². The highest BCUT2D eigenvalue weighted by molar-refractivity contribution is 6.17. The number of fused-ring (bicyclic) bond motifs is 1. The molecule has 5 heteroatoms. The molecule has 0 fully saturated rings. The van der Waals surface area contributed by atoms with Gasteiger partial charge in [0.05, 0.1) is 0 Å². The Morgan fingerprint density at radius 3 is 2.88 bits per heavy atom. The number of carbonyl (C=O) groups is 2. The molecular weight excluding hydrogens is 240 g/mol. The van der Waals surface area contributed by atoms with Crippen LogP contribution in [0.4, 0.5) is 0 Å². The van der Waals surface area contributed by atoms with E-state index in [-0.39, 0.29) is 11.7 Å². The first-order chi connectivity index (χ1) is 8.15. The van der Waals surface area contributed by atoms with Gasteiger partial charge in [-0.05, 0) is 12.5 Å². The van der Waals surface area contributed by atoms with Crippen LogP contribution in [0.3, 0.4) is 0 Å². The van der Waals surface area contributed by atoms with Crippen LogP contribution in [-0.4, -0.2) is 40.6 Å². The lowest BCUT2D eigenvalue weighted by Gasteiger charge is -2.15. The maximum atomic E-state index is 12.1. The molecule has 0 aliphatic carbocycles. The first-order valence-electron chi connectivity index (χ1n) is 5.69. The zero-order valence-corrected chi connectivity index (χ0v) is 10.5. The molecule has 0 aromatic carbocycles. The largest absolute Gasteiger partial charge is 0.343 e. The van der Waals surface area contributed by atoms with E-state index in [2.05, 4.69) is 0 Å². The van der Waals surface area contributed by atoms with Crippen molar-refractivity contribution in [2.75, 3.05) is 19.5 Å². The van der Waals surface area contributed by atoms with E-state index in [0.29, 0.717) is 36.6 Å². The van der Waals surface area contributed by atoms with Crippen LogP contribution in [0.1, 0.15) is 33.7 Å². The molecule has 0 bridgehead atoms. The van der Waals surface area contributed by atoms with Gasteiger partial charge in [0.2, 0.25) is 0 Å². The van der Waals surface area contributed by atoms with Gasteiger partial charge in [-0.2, -0.15) is 0 Å². The summed E-state index contributed by atoms with van der Waals surface area (Å²) in [5.74, 6) is 0.512. The molecule has 0 unspecified atom stereocenters. The quantitative estimate of drug-likeness (QED) is 0.772. The molecule has 17 heavy (non-hydrogen) atoms. The fourth-order valence-corrected chi connectivity index (χ4v) is 2.16. The van der Waals surface area contributed by atoms with Gasteiger partial charge in [-0.15, -0.1) is 11.6 Å². The van der Waals surface area contributed by atoms with E-state index in [1.54, 1.807) is 24.2 Å². The van der Waals surface area contributed by atoms with Crippen molar-refractivity contribution in [3.63, 3.8) is 0 Å². The highest BCUT2D eigenvalue weighted by Gasteiger charge is 2.27. The summed E-state index contributed by atoms with van der Waals surface area (Å²) >= 11 is 5.65. The number of aromatic nitrogens is 1. The molecule has 2 rings (SSSR count). The van der Waals surface area contributed by atoms with Crippen molar-refractivity contribution in [1.29, 1.82) is 0 Å². The Balaban J connectivity index is 2.40. The van der Waals surface area contributed by atoms with Gasteiger partial charge in [0.15, 0.2) is 5.78 Å². The molecule has 2 heterocycles. The number of aryl methyl sites for hydroxylation is 1. The Kier molecular flexibility index (Phi) is 3.52. The normalized spacial score (nSPS) is 16.0. The minimum absolute atomic E-state index is 0.0438. The Labute approximate surface area is 105 Å². The maximum Gasteiger partial charge on any atom is 0.270 e. The highest BCUT2D eigenvalue weighted by Crippen LogP contribution is 2.19. The van der Waals surface area contributed by atoms with Crippen molar-refractivity contribution in [2.45, 2.75) is 19.4 Å². The summed E-state index contributed by atoms with van der Waals surface area (Å²) in [5, 5.41) is 0. The van der Waals surface area contributed by atoms with Crippen molar-refractivity contribution < 1.29 is 9.59 Å². The highest BCUT2D eigenvalue weighted by atomic mass is 35.5. The molecule has 0 atom stereocenters. The van der Waals surface area contributed by atoms with Crippen molar-refractivity contribution in [3.8, 4) is 0 Å². The van der Waals surface area contributed by atoms with Crippen LogP contribution in [0.15, 0.2) is 12.3 Å². The van der Waals surface area contributed by atoms with E-state index < -0.39 is 0 Å². The zero-order chi connectivity index (χ0) is 12.4. The second-order valence-electron chi connectivity index (χ2n) is 4.21. The molecule has 1 aliphatic rings. The van der Waals surface area contributed by atoms with Crippen molar-refractivity contribution in [2.24, 2.45) is 0 Å². The number of Topliss-reactive ketones (excluding diaryl/α,β-unsaturated/α-hetero) is 1. The van der Waals surface area contributed by atoms with E-state index in [9.17, 15) is 9.59 Å². The summed E-state index contributed by atoms with van der Waals surface area (Å²) in [4.78, 5) is 25.6. The van der Waals surface area contributed by atoms with Gasteiger partial charge < -0.3 is 9.47 Å². The predicted octanol–water partition coefficient (Wildman–Crippen LogP) is 1.78. The molecule has 0 spiro atoms. The number of hydrogen-bond donors (Lipinski definition) is 0. The molecule has 1 aliphatic heterocycles. The SMILES string of the molecule is CN1CCC(=O)c2ccn(CCCCl)c2C1=O.